The number of rotatable bonds is 7. The van der Waals surface area contributed by atoms with Crippen molar-refractivity contribution in [3.8, 4) is 62.4 Å². The number of hydrogen-bond acceptors (Lipinski definition) is 3. The Morgan fingerprint density at radius 1 is 0.662 bits per heavy atom. The first-order chi connectivity index (χ1) is 36.7. The molecule has 0 amide bonds. The summed E-state index contributed by atoms with van der Waals surface area (Å²) < 4.78 is 108. The number of benzene rings is 8. The fourth-order valence-electron chi connectivity index (χ4n) is 9.27. The molecule has 0 unspecified atom stereocenters. The van der Waals surface area contributed by atoms with E-state index in [-0.39, 0.29) is 54.4 Å². The Bertz CT molecular complexity index is 4200. The van der Waals surface area contributed by atoms with Gasteiger partial charge >= 0.3 is 0 Å². The van der Waals surface area contributed by atoms with Crippen LogP contribution in [0.3, 0.4) is 0 Å². The van der Waals surface area contributed by atoms with E-state index in [2.05, 4.69) is 81.2 Å². The zero-order valence-electron chi connectivity index (χ0n) is 47.5. The number of nitrogens with zero attached hydrogens (tertiary/aromatic N) is 4. The maximum Gasteiger partial charge on any atom is 0.268 e. The SMILES string of the molecule is [2H]c1c([2H])c([2H])c(-c2cccc(-c3c([2H])c([2H])c([2H])c([2H])c3[2H])c2-[n+]2[c-]n(-c3[c-]c(Oc4[c-]c5c(cc4)c4ccccc4n5-c4cc(C(C)(C)C)ccn4)ccc3)c3cc4c(cc32)[Si](C)(C)c2ccccc2O4)c([2H])c1[2H].[Pt]. The largest absolute Gasteiger partial charge is 0.510 e. The molecule has 0 saturated carbocycles. The molecule has 12 rings (SSSR count). The summed E-state index contributed by atoms with van der Waals surface area (Å²) >= 11 is 0. The Labute approximate surface area is 426 Å². The van der Waals surface area contributed by atoms with Crippen LogP contribution >= 0.6 is 0 Å². The summed E-state index contributed by atoms with van der Waals surface area (Å²) in [6.07, 6.45) is 5.36. The monoisotopic (exact) mass is 1090 g/mol. The fourth-order valence-corrected chi connectivity index (χ4v) is 12.1. The molecule has 0 fully saturated rings. The zero-order chi connectivity index (χ0) is 54.1. The van der Waals surface area contributed by atoms with E-state index < -0.39 is 68.5 Å². The molecule has 0 spiro atoms. The van der Waals surface area contributed by atoms with Gasteiger partial charge in [0.05, 0.1) is 30.4 Å². The molecule has 6 nitrogen and oxygen atoms in total. The summed E-state index contributed by atoms with van der Waals surface area (Å²) in [7, 11) is -2.56. The van der Waals surface area contributed by atoms with Crippen LogP contribution in [0.15, 0.2) is 188 Å². The summed E-state index contributed by atoms with van der Waals surface area (Å²) in [5.41, 5.74) is 4.39. The third kappa shape index (κ3) is 7.29. The zero-order valence-corrected chi connectivity index (χ0v) is 40.8. The Balaban J connectivity index is 0.00000645. The summed E-state index contributed by atoms with van der Waals surface area (Å²) in [4.78, 5) is 4.83. The maximum absolute atomic E-state index is 9.22. The number of pyridine rings is 1. The van der Waals surface area contributed by atoms with Crippen LogP contribution < -0.4 is 24.4 Å². The Hall–Kier alpha value is -7.31. The van der Waals surface area contributed by atoms with E-state index in [9.17, 15) is 5.48 Å². The number of hydrogen-bond donors (Lipinski definition) is 0. The second-order valence-corrected chi connectivity index (χ2v) is 22.5. The van der Waals surface area contributed by atoms with Gasteiger partial charge in [0, 0.05) is 44.3 Å². The molecular formula is C60H46N4O2PtSi-2. The van der Waals surface area contributed by atoms with Gasteiger partial charge < -0.3 is 18.6 Å². The molecule has 11 aromatic rings. The first-order valence-corrected chi connectivity index (χ1v) is 25.0. The number of para-hydroxylation sites is 3. The molecule has 1 aliphatic heterocycles. The van der Waals surface area contributed by atoms with Crippen molar-refractivity contribution in [3.05, 3.63) is 212 Å². The molecule has 0 saturated heterocycles. The van der Waals surface area contributed by atoms with Crippen LogP contribution in [0.25, 0.3) is 72.3 Å². The van der Waals surface area contributed by atoms with Crippen LogP contribution in [0.4, 0.5) is 0 Å². The van der Waals surface area contributed by atoms with E-state index >= 15 is 0 Å². The standard InChI is InChI=1S/C60H46N4O2Si.Pt/c1-60(2,3)42-32-33-61-58(34-42)64-50-27-13-12-24-48(50)49-31-30-45(36-51(49)64)65-44-23-16-22-43(35-44)62-39-63(53-38-57-55(37-52(53)62)66-54-28-14-15-29-56(54)67(57,4)5)59-46(40-18-8-6-9-19-40)25-17-26-47(59)41-20-10-7-11-21-41;/h6-34,37-38H,1-5H3;/q-2;/i6D,7D,8D,9D,10D,11D,18D,19D,20D,21D;. The van der Waals surface area contributed by atoms with Gasteiger partial charge in [0.15, 0.2) is 0 Å². The summed E-state index contributed by atoms with van der Waals surface area (Å²) in [6, 6.07) is 39.9. The van der Waals surface area contributed by atoms with E-state index in [1.807, 2.05) is 79.0 Å². The van der Waals surface area contributed by atoms with Crippen LogP contribution in [0.1, 0.15) is 40.0 Å². The first kappa shape index (κ1) is 33.2. The van der Waals surface area contributed by atoms with Crippen molar-refractivity contribution in [2.45, 2.75) is 39.3 Å². The molecule has 334 valence electrons. The van der Waals surface area contributed by atoms with E-state index in [0.29, 0.717) is 34.0 Å². The van der Waals surface area contributed by atoms with Crippen molar-refractivity contribution in [2.75, 3.05) is 0 Å². The molecule has 1 aliphatic rings. The predicted octanol–water partition coefficient (Wildman–Crippen LogP) is 13.1. The molecule has 0 radical (unpaired) electrons. The van der Waals surface area contributed by atoms with Gasteiger partial charge in [-0.05, 0) is 91.1 Å². The summed E-state index contributed by atoms with van der Waals surface area (Å²) in [5.74, 6) is 2.87. The van der Waals surface area contributed by atoms with Gasteiger partial charge in [-0.25, -0.2) is 4.98 Å². The Kier molecular flexibility index (Phi) is 8.19. The first-order valence-electron chi connectivity index (χ1n) is 27.0. The van der Waals surface area contributed by atoms with Crippen molar-refractivity contribution in [2.24, 2.45) is 0 Å². The van der Waals surface area contributed by atoms with E-state index in [1.165, 1.54) is 0 Å². The molecule has 0 bridgehead atoms. The van der Waals surface area contributed by atoms with Gasteiger partial charge in [-0.3, -0.25) is 4.57 Å². The molecule has 3 aromatic heterocycles. The molecule has 4 heterocycles. The van der Waals surface area contributed by atoms with Crippen LogP contribution in [0.2, 0.25) is 13.1 Å². The molecule has 0 aliphatic carbocycles. The van der Waals surface area contributed by atoms with E-state index in [4.69, 9.17) is 22.7 Å². The summed E-state index contributed by atoms with van der Waals surface area (Å²) in [6.45, 7) is 11.0. The quantitative estimate of drug-likeness (QED) is 0.0908. The van der Waals surface area contributed by atoms with Crippen LogP contribution in [-0.4, -0.2) is 22.2 Å². The van der Waals surface area contributed by atoms with Crippen molar-refractivity contribution < 1.29 is 48.8 Å². The van der Waals surface area contributed by atoms with Crippen molar-refractivity contribution in [3.63, 3.8) is 0 Å². The normalized spacial score (nSPS) is 15.0. The van der Waals surface area contributed by atoms with Crippen LogP contribution in [0, 0.1) is 18.5 Å². The van der Waals surface area contributed by atoms with Gasteiger partial charge in [0.1, 0.15) is 25.4 Å². The summed E-state index contributed by atoms with van der Waals surface area (Å²) in [5, 5.41) is 4.01. The molecule has 68 heavy (non-hydrogen) atoms. The van der Waals surface area contributed by atoms with Crippen molar-refractivity contribution >= 4 is 51.3 Å². The van der Waals surface area contributed by atoms with Gasteiger partial charge in [0.25, 0.3) is 6.33 Å². The number of fused-ring (bicyclic) bond motifs is 6. The Morgan fingerprint density at radius 2 is 1.35 bits per heavy atom. The fraction of sp³-hybridized carbons (Fsp3) is 0.100. The molecule has 8 aromatic carbocycles. The van der Waals surface area contributed by atoms with E-state index in [1.54, 1.807) is 33.4 Å². The number of ether oxygens (including phenoxy) is 2. The average Bonchev–Trinajstić information content (AvgIpc) is 4.17. The molecular weight excluding hydrogens is 1030 g/mol. The minimum Gasteiger partial charge on any atom is -0.510 e. The van der Waals surface area contributed by atoms with Gasteiger partial charge in [0.2, 0.25) is 0 Å². The van der Waals surface area contributed by atoms with Crippen molar-refractivity contribution in [1.82, 2.24) is 14.1 Å². The maximum atomic E-state index is 9.22. The third-order valence-electron chi connectivity index (χ3n) is 12.6. The van der Waals surface area contributed by atoms with Gasteiger partial charge in [-0.1, -0.05) is 154 Å². The minimum absolute atomic E-state index is 0. The molecule has 8 heteroatoms. The predicted molar refractivity (Wildman–Crippen MR) is 273 cm³/mol. The third-order valence-corrected chi connectivity index (χ3v) is 16.1. The number of imidazole rings is 1. The second-order valence-electron chi connectivity index (χ2n) is 18.1. The van der Waals surface area contributed by atoms with Gasteiger partial charge in [-0.2, -0.15) is 18.2 Å². The topological polar surface area (TPSA) is 45.1 Å². The molecule has 0 N–H and O–H groups in total. The van der Waals surface area contributed by atoms with Crippen molar-refractivity contribution in [1.29, 1.82) is 0 Å². The molecule has 0 atom stereocenters. The minimum atomic E-state index is -2.56. The number of aromatic nitrogens is 4. The average molecular weight is 1090 g/mol. The van der Waals surface area contributed by atoms with E-state index in [0.717, 1.165) is 49.3 Å². The van der Waals surface area contributed by atoms with Gasteiger partial charge in [-0.15, -0.1) is 29.7 Å². The smallest absolute Gasteiger partial charge is 0.268 e. The van der Waals surface area contributed by atoms with Crippen LogP contribution in [0.5, 0.6) is 23.0 Å². The second kappa shape index (κ2) is 16.8. The van der Waals surface area contributed by atoms with Crippen LogP contribution in [-0.2, 0) is 26.5 Å². The Morgan fingerprint density at radius 3 is 2.10 bits per heavy atom.